The minimum Gasteiger partial charge on any atom is -0.494 e. The molecule has 1 aliphatic rings. The zero-order valence-corrected chi connectivity index (χ0v) is 11.1. The number of fused-ring (bicyclic) bond motifs is 1. The summed E-state index contributed by atoms with van der Waals surface area (Å²) in [5.41, 5.74) is 8.64. The number of unbranched alkanes of at least 4 members (excludes halogenated alkanes) is 1. The standard InChI is InChI=1S/C15H21NO3/c16-13-6-4-11-5-7-14(10-12(11)9-13)19-8-2-1-3-15(17)18/h5,7,10,13H,1-4,6,8-9,16H2,(H,17,18). The summed E-state index contributed by atoms with van der Waals surface area (Å²) in [6.45, 7) is 0.568. The van der Waals surface area contributed by atoms with E-state index in [9.17, 15) is 4.79 Å². The SMILES string of the molecule is NC1CCc2ccc(OCCCCC(=O)O)cc2C1. The molecule has 0 aromatic heterocycles. The molecule has 0 aliphatic heterocycles. The van der Waals surface area contributed by atoms with Gasteiger partial charge in [-0.2, -0.15) is 0 Å². The molecule has 1 aliphatic carbocycles. The van der Waals surface area contributed by atoms with Crippen molar-refractivity contribution >= 4 is 5.97 Å². The van der Waals surface area contributed by atoms with Gasteiger partial charge in [0.15, 0.2) is 0 Å². The molecule has 104 valence electrons. The number of hydrogen-bond acceptors (Lipinski definition) is 3. The number of hydrogen-bond donors (Lipinski definition) is 2. The lowest BCUT2D eigenvalue weighted by Gasteiger charge is -2.22. The Balaban J connectivity index is 1.81. The summed E-state index contributed by atoms with van der Waals surface area (Å²) < 4.78 is 5.66. The molecule has 1 aromatic rings. The quantitative estimate of drug-likeness (QED) is 0.771. The molecule has 1 aromatic carbocycles. The van der Waals surface area contributed by atoms with E-state index in [2.05, 4.69) is 12.1 Å². The van der Waals surface area contributed by atoms with Crippen molar-refractivity contribution in [3.05, 3.63) is 29.3 Å². The Hall–Kier alpha value is -1.55. The van der Waals surface area contributed by atoms with Gasteiger partial charge in [0.2, 0.25) is 0 Å². The predicted octanol–water partition coefficient (Wildman–Crippen LogP) is 2.14. The molecule has 19 heavy (non-hydrogen) atoms. The van der Waals surface area contributed by atoms with Crippen LogP contribution in [-0.4, -0.2) is 23.7 Å². The van der Waals surface area contributed by atoms with Crippen molar-refractivity contribution < 1.29 is 14.6 Å². The van der Waals surface area contributed by atoms with Crippen LogP contribution in [0.5, 0.6) is 5.75 Å². The molecule has 1 unspecified atom stereocenters. The van der Waals surface area contributed by atoms with E-state index in [4.69, 9.17) is 15.6 Å². The fourth-order valence-electron chi connectivity index (χ4n) is 2.42. The Morgan fingerprint density at radius 1 is 1.37 bits per heavy atom. The molecule has 2 rings (SSSR count). The van der Waals surface area contributed by atoms with Gasteiger partial charge in [0.05, 0.1) is 6.61 Å². The molecule has 0 spiro atoms. The second-order valence-corrected chi connectivity index (χ2v) is 5.13. The molecule has 4 nitrogen and oxygen atoms in total. The molecule has 3 N–H and O–H groups in total. The normalized spacial score (nSPS) is 17.8. The maximum Gasteiger partial charge on any atom is 0.303 e. The fraction of sp³-hybridized carbons (Fsp3) is 0.533. The van der Waals surface area contributed by atoms with Gasteiger partial charge >= 0.3 is 5.97 Å². The highest BCUT2D eigenvalue weighted by Gasteiger charge is 2.15. The number of carbonyl (C=O) groups is 1. The van der Waals surface area contributed by atoms with E-state index in [1.165, 1.54) is 11.1 Å². The van der Waals surface area contributed by atoms with E-state index in [1.54, 1.807) is 0 Å². The molecular formula is C15H21NO3. The molecule has 0 radical (unpaired) electrons. The Labute approximate surface area is 113 Å². The summed E-state index contributed by atoms with van der Waals surface area (Å²) in [6.07, 6.45) is 4.67. The van der Waals surface area contributed by atoms with E-state index in [1.807, 2.05) is 6.07 Å². The van der Waals surface area contributed by atoms with Crippen LogP contribution in [0.25, 0.3) is 0 Å². The maximum absolute atomic E-state index is 10.4. The van der Waals surface area contributed by atoms with Crippen LogP contribution in [0.2, 0.25) is 0 Å². The summed E-state index contributed by atoms with van der Waals surface area (Å²) in [7, 11) is 0. The van der Waals surface area contributed by atoms with Crippen LogP contribution in [-0.2, 0) is 17.6 Å². The highest BCUT2D eigenvalue weighted by atomic mass is 16.5. The minimum atomic E-state index is -0.747. The van der Waals surface area contributed by atoms with E-state index < -0.39 is 5.97 Å². The number of rotatable bonds is 6. The van der Waals surface area contributed by atoms with Crippen molar-refractivity contribution in [2.75, 3.05) is 6.61 Å². The monoisotopic (exact) mass is 263 g/mol. The van der Waals surface area contributed by atoms with Gasteiger partial charge in [0.1, 0.15) is 5.75 Å². The van der Waals surface area contributed by atoms with Gasteiger partial charge < -0.3 is 15.6 Å². The molecule has 0 saturated carbocycles. The Bertz CT molecular complexity index is 445. The Morgan fingerprint density at radius 3 is 3.00 bits per heavy atom. The van der Waals surface area contributed by atoms with Crippen molar-refractivity contribution in [3.63, 3.8) is 0 Å². The summed E-state index contributed by atoms with van der Waals surface area (Å²) >= 11 is 0. The number of ether oxygens (including phenoxy) is 1. The summed E-state index contributed by atoms with van der Waals surface area (Å²) in [6, 6.07) is 6.45. The predicted molar refractivity (Wildman–Crippen MR) is 73.4 cm³/mol. The third kappa shape index (κ3) is 4.24. The van der Waals surface area contributed by atoms with Crippen molar-refractivity contribution in [2.45, 2.75) is 44.6 Å². The molecule has 1 atom stereocenters. The second-order valence-electron chi connectivity index (χ2n) is 5.13. The van der Waals surface area contributed by atoms with Gasteiger partial charge in [-0.1, -0.05) is 6.07 Å². The lowest BCUT2D eigenvalue weighted by molar-refractivity contribution is -0.137. The number of aliphatic carboxylic acids is 1. The zero-order chi connectivity index (χ0) is 13.7. The number of carboxylic acids is 1. The summed E-state index contributed by atoms with van der Waals surface area (Å²) in [5, 5.41) is 8.53. The van der Waals surface area contributed by atoms with Gasteiger partial charge in [0.25, 0.3) is 0 Å². The van der Waals surface area contributed by atoms with Crippen LogP contribution in [0.3, 0.4) is 0 Å². The Morgan fingerprint density at radius 2 is 2.21 bits per heavy atom. The van der Waals surface area contributed by atoms with Gasteiger partial charge in [-0.15, -0.1) is 0 Å². The first-order valence-electron chi connectivity index (χ1n) is 6.87. The number of benzene rings is 1. The first-order valence-corrected chi connectivity index (χ1v) is 6.87. The third-order valence-corrected chi connectivity index (χ3v) is 3.50. The lowest BCUT2D eigenvalue weighted by Crippen LogP contribution is -2.27. The first kappa shape index (κ1) is 13.9. The number of aryl methyl sites for hydroxylation is 1. The summed E-state index contributed by atoms with van der Waals surface area (Å²) in [5.74, 6) is 0.117. The van der Waals surface area contributed by atoms with E-state index >= 15 is 0 Å². The van der Waals surface area contributed by atoms with E-state index in [0.717, 1.165) is 31.4 Å². The largest absolute Gasteiger partial charge is 0.494 e. The molecule has 0 amide bonds. The van der Waals surface area contributed by atoms with Crippen LogP contribution in [0, 0.1) is 0 Å². The topological polar surface area (TPSA) is 72.5 Å². The lowest BCUT2D eigenvalue weighted by atomic mass is 9.89. The highest BCUT2D eigenvalue weighted by molar-refractivity contribution is 5.66. The van der Waals surface area contributed by atoms with E-state index in [-0.39, 0.29) is 12.5 Å². The van der Waals surface area contributed by atoms with Gasteiger partial charge in [-0.05, 0) is 55.4 Å². The average Bonchev–Trinajstić information content (AvgIpc) is 2.37. The highest BCUT2D eigenvalue weighted by Crippen LogP contribution is 2.25. The number of nitrogens with two attached hydrogens (primary N) is 1. The van der Waals surface area contributed by atoms with Crippen LogP contribution in [0.4, 0.5) is 0 Å². The minimum absolute atomic E-state index is 0.211. The smallest absolute Gasteiger partial charge is 0.303 e. The van der Waals surface area contributed by atoms with Crippen molar-refractivity contribution in [1.82, 2.24) is 0 Å². The van der Waals surface area contributed by atoms with Gasteiger partial charge in [0, 0.05) is 12.5 Å². The molecule has 0 bridgehead atoms. The number of carboxylic acid groups (broad SMARTS) is 1. The van der Waals surface area contributed by atoms with Crippen molar-refractivity contribution in [1.29, 1.82) is 0 Å². The van der Waals surface area contributed by atoms with Crippen LogP contribution in [0.15, 0.2) is 18.2 Å². The maximum atomic E-state index is 10.4. The molecule has 0 heterocycles. The van der Waals surface area contributed by atoms with Gasteiger partial charge in [-0.25, -0.2) is 0 Å². The third-order valence-electron chi connectivity index (χ3n) is 3.50. The molecule has 0 fully saturated rings. The molecule has 4 heteroatoms. The second kappa shape index (κ2) is 6.57. The molecular weight excluding hydrogens is 242 g/mol. The van der Waals surface area contributed by atoms with Crippen molar-refractivity contribution in [3.8, 4) is 5.75 Å². The fourth-order valence-corrected chi connectivity index (χ4v) is 2.42. The van der Waals surface area contributed by atoms with Gasteiger partial charge in [-0.3, -0.25) is 4.79 Å². The average molecular weight is 263 g/mol. The van der Waals surface area contributed by atoms with Crippen LogP contribution < -0.4 is 10.5 Å². The zero-order valence-electron chi connectivity index (χ0n) is 11.1. The Kier molecular flexibility index (Phi) is 4.80. The van der Waals surface area contributed by atoms with Crippen LogP contribution >= 0.6 is 0 Å². The van der Waals surface area contributed by atoms with E-state index in [0.29, 0.717) is 13.0 Å². The van der Waals surface area contributed by atoms with Crippen LogP contribution in [0.1, 0.15) is 36.8 Å². The first-order chi connectivity index (χ1) is 9.15. The molecule has 0 saturated heterocycles. The van der Waals surface area contributed by atoms with Crippen molar-refractivity contribution in [2.24, 2.45) is 5.73 Å². The summed E-state index contributed by atoms with van der Waals surface area (Å²) in [4.78, 5) is 10.4.